The van der Waals surface area contributed by atoms with Crippen molar-refractivity contribution >= 4 is 0 Å². The lowest BCUT2D eigenvalue weighted by atomic mass is 9.94. The van der Waals surface area contributed by atoms with Crippen molar-refractivity contribution in [2.45, 2.75) is 52.7 Å². The minimum Gasteiger partial charge on any atom is -0.496 e. The molecule has 0 aliphatic heterocycles. The van der Waals surface area contributed by atoms with Crippen LogP contribution in [-0.4, -0.2) is 34.1 Å². The Morgan fingerprint density at radius 2 is 1.96 bits per heavy atom. The molecule has 5 nitrogen and oxygen atoms in total. The second-order valence-electron chi connectivity index (χ2n) is 6.82. The van der Waals surface area contributed by atoms with Gasteiger partial charge in [-0.25, -0.2) is 0 Å². The van der Waals surface area contributed by atoms with Gasteiger partial charge in [-0.15, -0.1) is 0 Å². The van der Waals surface area contributed by atoms with Crippen molar-refractivity contribution in [3.8, 4) is 5.75 Å². The molecule has 5 heteroatoms. The molecule has 0 saturated carbocycles. The molecule has 2 rings (SSSR count). The highest BCUT2D eigenvalue weighted by Crippen LogP contribution is 2.23. The highest BCUT2D eigenvalue weighted by molar-refractivity contribution is 5.34. The molecule has 0 aliphatic rings. The lowest BCUT2D eigenvalue weighted by molar-refractivity contribution is 0.267. The Morgan fingerprint density at radius 3 is 2.62 bits per heavy atom. The number of hydrogen-bond acceptors (Lipinski definition) is 4. The summed E-state index contributed by atoms with van der Waals surface area (Å²) in [6.45, 7) is 9.87. The van der Waals surface area contributed by atoms with Crippen molar-refractivity contribution in [1.29, 1.82) is 0 Å². The first-order valence-corrected chi connectivity index (χ1v) is 8.38. The second-order valence-corrected chi connectivity index (χ2v) is 6.82. The number of ether oxygens (including phenoxy) is 1. The van der Waals surface area contributed by atoms with Crippen molar-refractivity contribution in [1.82, 2.24) is 15.1 Å². The summed E-state index contributed by atoms with van der Waals surface area (Å²) < 4.78 is 7.33. The number of benzene rings is 1. The molecule has 0 bridgehead atoms. The number of aliphatic hydroxyl groups excluding tert-OH is 1. The fourth-order valence-electron chi connectivity index (χ4n) is 3.02. The molecule has 132 valence electrons. The van der Waals surface area contributed by atoms with Gasteiger partial charge in [0.15, 0.2) is 0 Å². The highest BCUT2D eigenvalue weighted by Gasteiger charge is 2.21. The maximum absolute atomic E-state index is 9.13. The first kappa shape index (κ1) is 18.5. The summed E-state index contributed by atoms with van der Waals surface area (Å²) in [5.74, 6) is 0.926. The average Bonchev–Trinajstić information content (AvgIpc) is 2.80. The number of aryl methyl sites for hydroxylation is 1. The third-order valence-electron chi connectivity index (χ3n) is 4.41. The zero-order valence-electron chi connectivity index (χ0n) is 15.4. The van der Waals surface area contributed by atoms with Gasteiger partial charge in [-0.05, 0) is 45.7 Å². The van der Waals surface area contributed by atoms with E-state index in [2.05, 4.69) is 37.3 Å². The monoisotopic (exact) mass is 331 g/mol. The number of para-hydroxylation sites is 1. The third-order valence-corrected chi connectivity index (χ3v) is 4.41. The fraction of sp³-hybridized carbons (Fsp3) is 0.526. The van der Waals surface area contributed by atoms with Gasteiger partial charge in [0.1, 0.15) is 5.75 Å². The molecule has 0 atom stereocenters. The molecule has 0 fully saturated rings. The molecule has 1 heterocycles. The number of hydrogen-bond donors (Lipinski definition) is 2. The standard InChI is InChI=1S/C19H29N3O2/c1-14-17(15(2)22(21-14)10-11-23)13-20-19(3,4)12-16-8-6-7-9-18(16)24-5/h6-9,20,23H,10-13H2,1-5H3. The van der Waals surface area contributed by atoms with Gasteiger partial charge in [-0.1, -0.05) is 18.2 Å². The maximum atomic E-state index is 9.13. The molecule has 0 unspecified atom stereocenters. The third kappa shape index (κ3) is 4.36. The van der Waals surface area contributed by atoms with E-state index in [0.29, 0.717) is 6.54 Å². The van der Waals surface area contributed by atoms with Gasteiger partial charge in [0.05, 0.1) is 26.0 Å². The van der Waals surface area contributed by atoms with Crippen LogP contribution in [-0.2, 0) is 19.5 Å². The smallest absolute Gasteiger partial charge is 0.122 e. The van der Waals surface area contributed by atoms with Crippen molar-refractivity contribution in [3.05, 3.63) is 46.8 Å². The summed E-state index contributed by atoms with van der Waals surface area (Å²) >= 11 is 0. The van der Waals surface area contributed by atoms with Crippen LogP contribution in [0.15, 0.2) is 24.3 Å². The van der Waals surface area contributed by atoms with Gasteiger partial charge in [-0.3, -0.25) is 4.68 Å². The van der Waals surface area contributed by atoms with Gasteiger partial charge in [0, 0.05) is 23.3 Å². The Hall–Kier alpha value is -1.85. The number of nitrogens with one attached hydrogen (secondary N) is 1. The summed E-state index contributed by atoms with van der Waals surface area (Å²) in [6, 6.07) is 8.14. The van der Waals surface area contributed by atoms with Crippen molar-refractivity contribution < 1.29 is 9.84 Å². The minimum atomic E-state index is -0.0768. The molecular weight excluding hydrogens is 302 g/mol. The number of methoxy groups -OCH3 is 1. The highest BCUT2D eigenvalue weighted by atomic mass is 16.5. The van der Waals surface area contributed by atoms with Crippen molar-refractivity contribution in [2.75, 3.05) is 13.7 Å². The molecule has 1 aromatic carbocycles. The van der Waals surface area contributed by atoms with E-state index < -0.39 is 0 Å². The Morgan fingerprint density at radius 1 is 1.25 bits per heavy atom. The van der Waals surface area contributed by atoms with Crippen LogP contribution in [0.5, 0.6) is 5.75 Å². The molecule has 0 spiro atoms. The second kappa shape index (κ2) is 7.81. The molecule has 0 radical (unpaired) electrons. The van der Waals surface area contributed by atoms with Gasteiger partial charge in [-0.2, -0.15) is 5.10 Å². The Balaban J connectivity index is 2.07. The molecule has 0 aliphatic carbocycles. The van der Waals surface area contributed by atoms with E-state index in [1.54, 1.807) is 7.11 Å². The SMILES string of the molecule is COc1ccccc1CC(C)(C)NCc1c(C)nn(CCO)c1C. The lowest BCUT2D eigenvalue weighted by Gasteiger charge is -2.27. The topological polar surface area (TPSA) is 59.3 Å². The van der Waals surface area contributed by atoms with Gasteiger partial charge < -0.3 is 15.2 Å². The number of rotatable bonds is 8. The van der Waals surface area contributed by atoms with Crippen LogP contribution in [0.1, 0.15) is 36.4 Å². The molecule has 0 saturated heterocycles. The van der Waals surface area contributed by atoms with E-state index in [0.717, 1.165) is 30.1 Å². The summed E-state index contributed by atoms with van der Waals surface area (Å²) in [6.07, 6.45) is 0.875. The quantitative estimate of drug-likeness (QED) is 0.781. The van der Waals surface area contributed by atoms with Gasteiger partial charge >= 0.3 is 0 Å². The first-order valence-electron chi connectivity index (χ1n) is 8.38. The maximum Gasteiger partial charge on any atom is 0.122 e. The van der Waals surface area contributed by atoms with E-state index in [1.807, 2.05) is 29.8 Å². The molecule has 2 N–H and O–H groups in total. The van der Waals surface area contributed by atoms with Crippen LogP contribution in [0.4, 0.5) is 0 Å². The van der Waals surface area contributed by atoms with E-state index >= 15 is 0 Å². The Kier molecular flexibility index (Phi) is 6.02. The van der Waals surface area contributed by atoms with E-state index in [1.165, 1.54) is 11.1 Å². The molecule has 2 aromatic rings. The summed E-state index contributed by atoms with van der Waals surface area (Å²) in [4.78, 5) is 0. The zero-order chi connectivity index (χ0) is 17.7. The van der Waals surface area contributed by atoms with E-state index in [9.17, 15) is 0 Å². The Bertz CT molecular complexity index is 677. The van der Waals surface area contributed by atoms with E-state index in [4.69, 9.17) is 9.84 Å². The normalized spacial score (nSPS) is 11.8. The molecular formula is C19H29N3O2. The van der Waals surface area contributed by atoms with Gasteiger partial charge in [0.2, 0.25) is 0 Å². The summed E-state index contributed by atoms with van der Waals surface area (Å²) in [5, 5.41) is 17.3. The van der Waals surface area contributed by atoms with Crippen LogP contribution >= 0.6 is 0 Å². The molecule has 0 amide bonds. The van der Waals surface area contributed by atoms with Crippen LogP contribution in [0.2, 0.25) is 0 Å². The average molecular weight is 331 g/mol. The van der Waals surface area contributed by atoms with Gasteiger partial charge in [0.25, 0.3) is 0 Å². The number of nitrogens with zero attached hydrogens (tertiary/aromatic N) is 2. The van der Waals surface area contributed by atoms with Crippen LogP contribution in [0, 0.1) is 13.8 Å². The fourth-order valence-corrected chi connectivity index (χ4v) is 3.02. The first-order chi connectivity index (χ1) is 11.4. The predicted octanol–water partition coefficient (Wildman–Crippen LogP) is 2.61. The van der Waals surface area contributed by atoms with Crippen LogP contribution < -0.4 is 10.1 Å². The summed E-state index contributed by atoms with van der Waals surface area (Å²) in [5.41, 5.74) is 4.45. The van der Waals surface area contributed by atoms with E-state index in [-0.39, 0.29) is 12.1 Å². The van der Waals surface area contributed by atoms with Crippen molar-refractivity contribution in [2.24, 2.45) is 0 Å². The molecule has 24 heavy (non-hydrogen) atoms. The number of aliphatic hydroxyl groups is 1. The predicted molar refractivity (Wildman–Crippen MR) is 96.4 cm³/mol. The molecule has 1 aromatic heterocycles. The van der Waals surface area contributed by atoms with Crippen molar-refractivity contribution in [3.63, 3.8) is 0 Å². The number of aromatic nitrogens is 2. The van der Waals surface area contributed by atoms with Crippen LogP contribution in [0.3, 0.4) is 0 Å². The lowest BCUT2D eigenvalue weighted by Crippen LogP contribution is -2.41. The Labute approximate surface area is 144 Å². The summed E-state index contributed by atoms with van der Waals surface area (Å²) in [7, 11) is 1.71. The minimum absolute atomic E-state index is 0.0768. The van der Waals surface area contributed by atoms with Crippen LogP contribution in [0.25, 0.3) is 0 Å². The largest absolute Gasteiger partial charge is 0.496 e. The zero-order valence-corrected chi connectivity index (χ0v) is 15.4.